The number of methoxy groups -OCH3 is 1. The highest BCUT2D eigenvalue weighted by Crippen LogP contribution is 2.37. The largest absolute Gasteiger partial charge is 0.497 e. The molecule has 0 radical (unpaired) electrons. The van der Waals surface area contributed by atoms with E-state index in [0.717, 1.165) is 36.4 Å². The summed E-state index contributed by atoms with van der Waals surface area (Å²) in [5.74, 6) is 0.907. The topological polar surface area (TPSA) is 24.5 Å². The molecule has 112 valence electrons. The lowest BCUT2D eigenvalue weighted by Crippen LogP contribution is -2.45. The van der Waals surface area contributed by atoms with Crippen LogP contribution in [0, 0.1) is 0 Å². The second-order valence-corrected chi connectivity index (χ2v) is 6.92. The van der Waals surface area contributed by atoms with Crippen LogP contribution < -0.4 is 10.1 Å². The Labute approximate surface area is 138 Å². The second kappa shape index (κ2) is 6.92. The van der Waals surface area contributed by atoms with Gasteiger partial charge in [-0.05, 0) is 35.2 Å². The van der Waals surface area contributed by atoms with Gasteiger partial charge in [0.15, 0.2) is 0 Å². The Morgan fingerprint density at radius 2 is 2.10 bits per heavy atom. The van der Waals surface area contributed by atoms with E-state index in [-0.39, 0.29) is 6.04 Å². The summed E-state index contributed by atoms with van der Waals surface area (Å²) in [6, 6.07) is 10.9. The van der Waals surface area contributed by atoms with Gasteiger partial charge in [0.25, 0.3) is 0 Å². The zero-order valence-electron chi connectivity index (χ0n) is 12.0. The molecule has 1 aromatic carbocycles. The van der Waals surface area contributed by atoms with Gasteiger partial charge in [0.05, 0.1) is 13.2 Å². The molecule has 0 unspecified atom stereocenters. The van der Waals surface area contributed by atoms with Crippen molar-refractivity contribution in [3.63, 3.8) is 0 Å². The second-order valence-electron chi connectivity index (χ2n) is 5.09. The highest BCUT2D eigenvalue weighted by molar-refractivity contribution is 9.10. The predicted molar refractivity (Wildman–Crippen MR) is 91.3 cm³/mol. The third-order valence-electron chi connectivity index (χ3n) is 3.83. The van der Waals surface area contributed by atoms with E-state index < -0.39 is 0 Å². The summed E-state index contributed by atoms with van der Waals surface area (Å²) >= 11 is 5.54. The van der Waals surface area contributed by atoms with Crippen LogP contribution >= 0.6 is 27.3 Å². The van der Waals surface area contributed by atoms with E-state index >= 15 is 0 Å². The van der Waals surface area contributed by atoms with E-state index in [0.29, 0.717) is 0 Å². The highest BCUT2D eigenvalue weighted by Gasteiger charge is 2.26. The van der Waals surface area contributed by atoms with Crippen LogP contribution in [0.15, 0.2) is 40.2 Å². The van der Waals surface area contributed by atoms with Gasteiger partial charge >= 0.3 is 0 Å². The summed E-state index contributed by atoms with van der Waals surface area (Å²) in [5.41, 5.74) is 1.28. The summed E-state index contributed by atoms with van der Waals surface area (Å²) in [6.07, 6.45) is 0. The molecule has 5 heteroatoms. The summed E-state index contributed by atoms with van der Waals surface area (Å²) in [4.78, 5) is 3.92. The third kappa shape index (κ3) is 3.31. The average molecular weight is 367 g/mol. The summed E-state index contributed by atoms with van der Waals surface area (Å²) in [6.45, 7) is 4.21. The number of piperazine rings is 1. The molecule has 2 aromatic rings. The predicted octanol–water partition coefficient (Wildman–Crippen LogP) is 3.51. The van der Waals surface area contributed by atoms with E-state index in [9.17, 15) is 0 Å². The Hall–Kier alpha value is -0.880. The van der Waals surface area contributed by atoms with E-state index in [1.807, 2.05) is 17.4 Å². The van der Waals surface area contributed by atoms with Gasteiger partial charge in [-0.15, -0.1) is 11.3 Å². The van der Waals surface area contributed by atoms with Gasteiger partial charge < -0.3 is 10.1 Å². The summed E-state index contributed by atoms with van der Waals surface area (Å²) in [7, 11) is 1.72. The van der Waals surface area contributed by atoms with Crippen LogP contribution in [-0.2, 0) is 0 Å². The van der Waals surface area contributed by atoms with Gasteiger partial charge in [-0.25, -0.2) is 0 Å². The zero-order valence-corrected chi connectivity index (χ0v) is 14.4. The van der Waals surface area contributed by atoms with Crippen molar-refractivity contribution in [2.45, 2.75) is 6.04 Å². The monoisotopic (exact) mass is 366 g/mol. The summed E-state index contributed by atoms with van der Waals surface area (Å²) in [5, 5.41) is 5.58. The van der Waals surface area contributed by atoms with Crippen LogP contribution in [0.5, 0.6) is 5.75 Å². The number of nitrogens with one attached hydrogen (secondary N) is 1. The first-order valence-electron chi connectivity index (χ1n) is 7.11. The molecule has 1 aliphatic heterocycles. The molecule has 0 aliphatic carbocycles. The molecular formula is C16H19BrN2OS. The molecule has 1 atom stereocenters. The molecule has 21 heavy (non-hydrogen) atoms. The van der Waals surface area contributed by atoms with Crippen molar-refractivity contribution < 1.29 is 4.74 Å². The minimum Gasteiger partial charge on any atom is -0.497 e. The molecule has 1 saturated heterocycles. The molecule has 3 rings (SSSR count). The number of nitrogens with zero attached hydrogens (tertiary/aromatic N) is 1. The van der Waals surface area contributed by atoms with Crippen molar-refractivity contribution in [2.75, 3.05) is 33.3 Å². The van der Waals surface area contributed by atoms with Gasteiger partial charge in [-0.1, -0.05) is 22.0 Å². The molecule has 0 spiro atoms. The molecule has 0 saturated carbocycles. The van der Waals surface area contributed by atoms with Gasteiger partial charge in [-0.2, -0.15) is 0 Å². The third-order valence-corrected chi connectivity index (χ3v) is 5.47. The van der Waals surface area contributed by atoms with Crippen LogP contribution in [0.3, 0.4) is 0 Å². The number of thiophene rings is 1. The Morgan fingerprint density at radius 3 is 2.76 bits per heavy atom. The Bertz CT molecular complexity index is 582. The molecule has 3 nitrogen and oxygen atoms in total. The van der Waals surface area contributed by atoms with Gasteiger partial charge in [-0.3, -0.25) is 4.90 Å². The van der Waals surface area contributed by atoms with Crippen LogP contribution in [0.4, 0.5) is 0 Å². The van der Waals surface area contributed by atoms with Crippen LogP contribution in [0.1, 0.15) is 16.5 Å². The molecular weight excluding hydrogens is 348 g/mol. The van der Waals surface area contributed by atoms with Gasteiger partial charge in [0.2, 0.25) is 0 Å². The SMILES string of the molecule is COc1ccc(Br)c([C@H](c2cccs2)N2CCNCC2)c1. The minimum absolute atomic E-state index is 0.288. The smallest absolute Gasteiger partial charge is 0.119 e. The number of halogens is 1. The van der Waals surface area contributed by atoms with Gasteiger partial charge in [0, 0.05) is 35.5 Å². The maximum absolute atomic E-state index is 5.42. The van der Waals surface area contributed by atoms with Crippen LogP contribution in [0.2, 0.25) is 0 Å². The van der Waals surface area contributed by atoms with Crippen molar-refractivity contribution >= 4 is 27.3 Å². The first-order chi connectivity index (χ1) is 10.3. The summed E-state index contributed by atoms with van der Waals surface area (Å²) < 4.78 is 6.56. The number of ether oxygens (including phenoxy) is 1. The lowest BCUT2D eigenvalue weighted by molar-refractivity contribution is 0.200. The maximum Gasteiger partial charge on any atom is 0.119 e. The number of hydrogen-bond acceptors (Lipinski definition) is 4. The quantitative estimate of drug-likeness (QED) is 0.895. The average Bonchev–Trinajstić information content (AvgIpc) is 3.04. The first kappa shape index (κ1) is 15.0. The van der Waals surface area contributed by atoms with E-state index in [1.54, 1.807) is 7.11 Å². The molecule has 0 amide bonds. The maximum atomic E-state index is 5.42. The van der Waals surface area contributed by atoms with Crippen LogP contribution in [0.25, 0.3) is 0 Å². The minimum atomic E-state index is 0.288. The van der Waals surface area contributed by atoms with E-state index in [4.69, 9.17) is 4.74 Å². The molecule has 2 heterocycles. The Balaban J connectivity index is 2.02. The number of hydrogen-bond donors (Lipinski definition) is 1. The lowest BCUT2D eigenvalue weighted by Gasteiger charge is -2.35. The fourth-order valence-corrected chi connectivity index (χ4v) is 4.12. The molecule has 1 aliphatic rings. The fourth-order valence-electron chi connectivity index (χ4n) is 2.78. The normalized spacial score (nSPS) is 17.6. The molecule has 1 aromatic heterocycles. The van der Waals surface area contributed by atoms with Gasteiger partial charge in [0.1, 0.15) is 5.75 Å². The fraction of sp³-hybridized carbons (Fsp3) is 0.375. The van der Waals surface area contributed by atoms with Crippen LogP contribution in [-0.4, -0.2) is 38.2 Å². The number of benzene rings is 1. The molecule has 0 bridgehead atoms. The lowest BCUT2D eigenvalue weighted by atomic mass is 10.0. The molecule has 1 fully saturated rings. The van der Waals surface area contributed by atoms with Crippen molar-refractivity contribution in [2.24, 2.45) is 0 Å². The molecule has 1 N–H and O–H groups in total. The van der Waals surface area contributed by atoms with E-state index in [2.05, 4.69) is 55.8 Å². The van der Waals surface area contributed by atoms with E-state index in [1.165, 1.54) is 10.4 Å². The Kier molecular flexibility index (Phi) is 4.95. The Morgan fingerprint density at radius 1 is 1.29 bits per heavy atom. The standard InChI is InChI=1S/C16H19BrN2OS/c1-20-12-4-5-14(17)13(11-12)16(15-3-2-10-21-15)19-8-6-18-7-9-19/h2-5,10-11,16,18H,6-9H2,1H3/t16-/m1/s1. The number of rotatable bonds is 4. The van der Waals surface area contributed by atoms with Crippen molar-refractivity contribution in [3.05, 3.63) is 50.6 Å². The first-order valence-corrected chi connectivity index (χ1v) is 8.78. The van der Waals surface area contributed by atoms with Crippen molar-refractivity contribution in [1.29, 1.82) is 0 Å². The van der Waals surface area contributed by atoms with Crippen molar-refractivity contribution in [3.8, 4) is 5.75 Å². The van der Waals surface area contributed by atoms with Crippen molar-refractivity contribution in [1.82, 2.24) is 10.2 Å². The highest BCUT2D eigenvalue weighted by atomic mass is 79.9. The zero-order chi connectivity index (χ0) is 14.7.